The van der Waals surface area contributed by atoms with Crippen molar-refractivity contribution in [2.45, 2.75) is 59.6 Å². The molecule has 0 aromatic heterocycles. The van der Waals surface area contributed by atoms with Crippen LogP contribution in [0.1, 0.15) is 44.4 Å². The largest absolute Gasteiger partial charge is 0.458 e. The molecule has 0 aliphatic heterocycles. The molecule has 0 bridgehead atoms. The lowest BCUT2D eigenvalue weighted by Gasteiger charge is -2.22. The smallest absolute Gasteiger partial charge is 0.328 e. The van der Waals surface area contributed by atoms with E-state index in [0.717, 1.165) is 11.1 Å². The zero-order chi connectivity index (χ0) is 16.2. The average Bonchev–Trinajstić information content (AvgIpc) is 2.31. The Hall–Kier alpha value is -1.84. The van der Waals surface area contributed by atoms with Gasteiger partial charge in [0.15, 0.2) is 0 Å². The molecule has 1 rings (SSSR count). The summed E-state index contributed by atoms with van der Waals surface area (Å²) in [7, 11) is 0. The number of carbonyl (C=O) groups is 2. The number of hydrogen-bond acceptors (Lipinski definition) is 3. The van der Waals surface area contributed by atoms with Crippen LogP contribution >= 0.6 is 0 Å². The first-order valence-corrected chi connectivity index (χ1v) is 7.17. The van der Waals surface area contributed by atoms with Gasteiger partial charge in [0, 0.05) is 0 Å². The number of benzene rings is 1. The van der Waals surface area contributed by atoms with Crippen LogP contribution in [0.4, 0.5) is 0 Å². The molecule has 0 unspecified atom stereocenters. The van der Waals surface area contributed by atoms with Gasteiger partial charge < -0.3 is 10.1 Å². The van der Waals surface area contributed by atoms with Crippen molar-refractivity contribution >= 4 is 11.9 Å². The van der Waals surface area contributed by atoms with E-state index in [-0.39, 0.29) is 12.3 Å². The molecule has 1 N–H and O–H groups in total. The third-order valence-electron chi connectivity index (χ3n) is 3.07. The Labute approximate surface area is 126 Å². The van der Waals surface area contributed by atoms with Crippen LogP contribution in [-0.4, -0.2) is 23.5 Å². The van der Waals surface area contributed by atoms with E-state index in [1.807, 2.05) is 32.0 Å². The maximum absolute atomic E-state index is 12.0. The van der Waals surface area contributed by atoms with E-state index < -0.39 is 17.6 Å². The predicted octanol–water partition coefficient (Wildman–Crippen LogP) is 2.69. The van der Waals surface area contributed by atoms with E-state index in [2.05, 4.69) is 5.32 Å². The van der Waals surface area contributed by atoms with Crippen LogP contribution < -0.4 is 5.32 Å². The molecule has 4 heteroatoms. The Kier molecular flexibility index (Phi) is 5.53. The average molecular weight is 291 g/mol. The summed E-state index contributed by atoms with van der Waals surface area (Å²) in [5.41, 5.74) is 2.73. The molecule has 0 aliphatic rings. The van der Waals surface area contributed by atoms with E-state index in [1.54, 1.807) is 27.7 Å². The van der Waals surface area contributed by atoms with Crippen LogP contribution in [0.3, 0.4) is 0 Å². The van der Waals surface area contributed by atoms with Gasteiger partial charge in [-0.3, -0.25) is 4.79 Å². The second kappa shape index (κ2) is 6.74. The molecule has 1 aromatic carbocycles. The summed E-state index contributed by atoms with van der Waals surface area (Å²) in [4.78, 5) is 23.8. The number of rotatable bonds is 4. The number of carbonyl (C=O) groups excluding carboxylic acids is 2. The lowest BCUT2D eigenvalue weighted by Crippen LogP contribution is -2.42. The van der Waals surface area contributed by atoms with Crippen LogP contribution in [0.15, 0.2) is 18.2 Å². The van der Waals surface area contributed by atoms with Crippen molar-refractivity contribution in [2.75, 3.05) is 0 Å². The quantitative estimate of drug-likeness (QED) is 0.868. The number of hydrogen-bond donors (Lipinski definition) is 1. The molecular formula is C17H25NO3. The minimum Gasteiger partial charge on any atom is -0.458 e. The Morgan fingerprint density at radius 3 is 2.33 bits per heavy atom. The molecular weight excluding hydrogens is 266 g/mol. The molecule has 21 heavy (non-hydrogen) atoms. The lowest BCUT2D eigenvalue weighted by molar-refractivity contribution is -0.158. The van der Waals surface area contributed by atoms with Crippen molar-refractivity contribution in [3.8, 4) is 0 Å². The van der Waals surface area contributed by atoms with E-state index in [9.17, 15) is 9.59 Å². The third kappa shape index (κ3) is 5.98. The number of nitrogens with one attached hydrogen (secondary N) is 1. The van der Waals surface area contributed by atoms with Gasteiger partial charge in [0.05, 0.1) is 6.42 Å². The maximum atomic E-state index is 12.0. The number of aryl methyl sites for hydroxylation is 2. The fourth-order valence-corrected chi connectivity index (χ4v) is 1.84. The first-order chi connectivity index (χ1) is 9.58. The number of esters is 1. The second-order valence-corrected chi connectivity index (χ2v) is 6.42. The van der Waals surface area contributed by atoms with Crippen molar-refractivity contribution in [1.82, 2.24) is 5.32 Å². The minimum atomic E-state index is -0.650. The third-order valence-corrected chi connectivity index (χ3v) is 3.07. The van der Waals surface area contributed by atoms with Crippen LogP contribution in [0.2, 0.25) is 0 Å². The van der Waals surface area contributed by atoms with Gasteiger partial charge in [-0.2, -0.15) is 0 Å². The Morgan fingerprint density at radius 1 is 1.19 bits per heavy atom. The summed E-state index contributed by atoms with van der Waals surface area (Å²) in [6.45, 7) is 11.1. The highest BCUT2D eigenvalue weighted by atomic mass is 16.6. The van der Waals surface area contributed by atoms with E-state index in [0.29, 0.717) is 0 Å². The van der Waals surface area contributed by atoms with Crippen LogP contribution in [0.5, 0.6) is 0 Å². The summed E-state index contributed by atoms with van der Waals surface area (Å²) in [6, 6.07) is 5.27. The van der Waals surface area contributed by atoms with E-state index in [1.165, 1.54) is 5.56 Å². The topological polar surface area (TPSA) is 55.4 Å². The summed E-state index contributed by atoms with van der Waals surface area (Å²) >= 11 is 0. The van der Waals surface area contributed by atoms with Crippen molar-refractivity contribution in [3.05, 3.63) is 34.9 Å². The molecule has 0 saturated carbocycles. The molecule has 116 valence electrons. The zero-order valence-corrected chi connectivity index (χ0v) is 13.7. The van der Waals surface area contributed by atoms with Crippen molar-refractivity contribution in [2.24, 2.45) is 0 Å². The van der Waals surface area contributed by atoms with Gasteiger partial charge in [0.2, 0.25) is 5.91 Å². The summed E-state index contributed by atoms with van der Waals surface area (Å²) < 4.78 is 5.23. The fourth-order valence-electron chi connectivity index (χ4n) is 1.84. The minimum absolute atomic E-state index is 0.184. The maximum Gasteiger partial charge on any atom is 0.328 e. The molecule has 0 fully saturated rings. The van der Waals surface area contributed by atoms with Gasteiger partial charge in [-0.25, -0.2) is 4.79 Å². The van der Waals surface area contributed by atoms with E-state index >= 15 is 0 Å². The highest BCUT2D eigenvalue weighted by molar-refractivity contribution is 5.85. The van der Waals surface area contributed by atoms with Crippen LogP contribution in [0.25, 0.3) is 0 Å². The lowest BCUT2D eigenvalue weighted by atomic mass is 10.0. The first kappa shape index (κ1) is 17.2. The highest BCUT2D eigenvalue weighted by Gasteiger charge is 2.22. The van der Waals surface area contributed by atoms with Gasteiger partial charge >= 0.3 is 5.97 Å². The molecule has 0 heterocycles. The highest BCUT2D eigenvalue weighted by Crippen LogP contribution is 2.11. The molecule has 0 radical (unpaired) electrons. The van der Waals surface area contributed by atoms with Gasteiger partial charge in [-0.05, 0) is 58.2 Å². The SMILES string of the molecule is Cc1ccc(CC(=O)N[C@@H](C)C(=O)OC(C)(C)C)cc1C. The van der Waals surface area contributed by atoms with E-state index in [4.69, 9.17) is 4.74 Å². The standard InChI is InChI=1S/C17H25NO3/c1-11-7-8-14(9-12(11)2)10-15(19)18-13(3)16(20)21-17(4,5)6/h7-9,13H,10H2,1-6H3,(H,18,19)/t13-/m0/s1. The number of ether oxygens (including phenoxy) is 1. The van der Waals surface area contributed by atoms with Crippen molar-refractivity contribution in [1.29, 1.82) is 0 Å². The molecule has 0 spiro atoms. The molecule has 1 aromatic rings. The molecule has 1 amide bonds. The molecule has 4 nitrogen and oxygen atoms in total. The second-order valence-electron chi connectivity index (χ2n) is 6.42. The first-order valence-electron chi connectivity index (χ1n) is 7.17. The zero-order valence-electron chi connectivity index (χ0n) is 13.7. The van der Waals surface area contributed by atoms with Crippen LogP contribution in [-0.2, 0) is 20.7 Å². The predicted molar refractivity (Wildman–Crippen MR) is 83.1 cm³/mol. The molecule has 0 saturated heterocycles. The van der Waals surface area contributed by atoms with Crippen LogP contribution in [0, 0.1) is 13.8 Å². The normalized spacial score (nSPS) is 12.7. The van der Waals surface area contributed by atoms with Crippen molar-refractivity contribution in [3.63, 3.8) is 0 Å². The molecule has 0 aliphatic carbocycles. The van der Waals surface area contributed by atoms with Crippen molar-refractivity contribution < 1.29 is 14.3 Å². The summed E-state index contributed by atoms with van der Waals surface area (Å²) in [5, 5.41) is 2.67. The van der Waals surface area contributed by atoms with Gasteiger partial charge in [-0.15, -0.1) is 0 Å². The Balaban J connectivity index is 2.57. The van der Waals surface area contributed by atoms with Gasteiger partial charge in [0.1, 0.15) is 11.6 Å². The molecule has 1 atom stereocenters. The number of amides is 1. The van der Waals surface area contributed by atoms with Gasteiger partial charge in [-0.1, -0.05) is 18.2 Å². The van der Waals surface area contributed by atoms with Gasteiger partial charge in [0.25, 0.3) is 0 Å². The Morgan fingerprint density at radius 2 is 1.81 bits per heavy atom. The fraction of sp³-hybridized carbons (Fsp3) is 0.529. The Bertz CT molecular complexity index is 529. The summed E-state index contributed by atoms with van der Waals surface area (Å²) in [6.07, 6.45) is 0.258. The summed E-state index contributed by atoms with van der Waals surface area (Å²) in [5.74, 6) is -0.604. The monoisotopic (exact) mass is 291 g/mol.